The van der Waals surface area contributed by atoms with E-state index in [1.54, 1.807) is 0 Å². The molecule has 6 heteroatoms. The highest BCUT2D eigenvalue weighted by Crippen LogP contribution is 2.38. The smallest absolute Gasteiger partial charge is 0.215 e. The molecule has 1 atom stereocenters. The van der Waals surface area contributed by atoms with Crippen molar-refractivity contribution in [1.29, 1.82) is 0 Å². The first-order valence-electron chi connectivity index (χ1n) is 10.7. The normalized spacial score (nSPS) is 20.7. The van der Waals surface area contributed by atoms with Crippen LogP contribution in [0.1, 0.15) is 58.2 Å². The van der Waals surface area contributed by atoms with Crippen molar-refractivity contribution < 1.29 is 4.39 Å². The minimum absolute atomic E-state index is 0.293. The Balaban J connectivity index is 0.00000109. The standard InChI is InChI=1S/C20H28FN5.C2H6/c1-20(2)6-5-15-16(10-20)25-26-19(15)14-8-17(21)24-18(9-14)23-12-13-4-3-7-22-11-13;1-2/h8-9,13,22H,3-7,10-12H2,1-2H3,(H,23,24)(H,25,26);1-2H3. The fourth-order valence-electron chi connectivity index (χ4n) is 4.16. The van der Waals surface area contributed by atoms with Crippen LogP contribution in [0.25, 0.3) is 11.3 Å². The number of fused-ring (bicyclic) bond motifs is 1. The first-order chi connectivity index (χ1) is 13.5. The Morgan fingerprint density at radius 2 is 2.11 bits per heavy atom. The summed E-state index contributed by atoms with van der Waals surface area (Å²) in [6.45, 7) is 11.5. The van der Waals surface area contributed by atoms with Gasteiger partial charge in [-0.15, -0.1) is 0 Å². The van der Waals surface area contributed by atoms with Crippen molar-refractivity contribution in [1.82, 2.24) is 20.5 Å². The lowest BCUT2D eigenvalue weighted by Crippen LogP contribution is -2.33. The van der Waals surface area contributed by atoms with Gasteiger partial charge in [-0.1, -0.05) is 27.7 Å². The first-order valence-corrected chi connectivity index (χ1v) is 10.7. The van der Waals surface area contributed by atoms with Crippen LogP contribution in [0.15, 0.2) is 12.1 Å². The molecule has 0 spiro atoms. The molecular weight excluding hydrogens is 353 g/mol. The van der Waals surface area contributed by atoms with Crippen molar-refractivity contribution in [2.75, 3.05) is 25.0 Å². The fourth-order valence-corrected chi connectivity index (χ4v) is 4.16. The van der Waals surface area contributed by atoms with Crippen molar-refractivity contribution in [3.63, 3.8) is 0 Å². The summed E-state index contributed by atoms with van der Waals surface area (Å²) in [4.78, 5) is 4.03. The molecule has 3 heterocycles. The second kappa shape index (κ2) is 9.03. The van der Waals surface area contributed by atoms with E-state index in [1.165, 1.54) is 30.2 Å². The van der Waals surface area contributed by atoms with E-state index in [0.717, 1.165) is 50.2 Å². The third-order valence-electron chi connectivity index (χ3n) is 5.70. The maximum Gasteiger partial charge on any atom is 0.215 e. The first kappa shape index (κ1) is 20.8. The van der Waals surface area contributed by atoms with Gasteiger partial charge in [0.05, 0.1) is 5.69 Å². The van der Waals surface area contributed by atoms with Crippen LogP contribution in [0.4, 0.5) is 10.2 Å². The molecule has 0 amide bonds. The molecule has 1 unspecified atom stereocenters. The van der Waals surface area contributed by atoms with E-state index in [0.29, 0.717) is 17.2 Å². The Labute approximate surface area is 167 Å². The van der Waals surface area contributed by atoms with E-state index in [2.05, 4.69) is 39.7 Å². The van der Waals surface area contributed by atoms with Crippen LogP contribution in [0.3, 0.4) is 0 Å². The van der Waals surface area contributed by atoms with Crippen LogP contribution in [-0.4, -0.2) is 34.8 Å². The highest BCUT2D eigenvalue weighted by molar-refractivity contribution is 5.67. The number of nitrogens with one attached hydrogen (secondary N) is 3. The maximum atomic E-state index is 14.1. The van der Waals surface area contributed by atoms with Crippen LogP contribution >= 0.6 is 0 Å². The van der Waals surface area contributed by atoms with Gasteiger partial charge >= 0.3 is 0 Å². The van der Waals surface area contributed by atoms with E-state index in [9.17, 15) is 4.39 Å². The topological polar surface area (TPSA) is 65.6 Å². The molecule has 2 aromatic heterocycles. The number of rotatable bonds is 4. The Kier molecular flexibility index (Phi) is 6.70. The van der Waals surface area contributed by atoms with E-state index >= 15 is 0 Å². The lowest BCUT2D eigenvalue weighted by molar-refractivity contribution is 0.312. The number of anilines is 1. The number of H-pyrrole nitrogens is 1. The lowest BCUT2D eigenvalue weighted by Gasteiger charge is -2.29. The summed E-state index contributed by atoms with van der Waals surface area (Å²) in [5, 5.41) is 14.4. The zero-order valence-electron chi connectivity index (χ0n) is 17.7. The van der Waals surface area contributed by atoms with Crippen molar-refractivity contribution in [2.45, 2.75) is 59.8 Å². The van der Waals surface area contributed by atoms with Crippen molar-refractivity contribution in [3.05, 3.63) is 29.3 Å². The van der Waals surface area contributed by atoms with Crippen molar-refractivity contribution >= 4 is 5.82 Å². The lowest BCUT2D eigenvalue weighted by atomic mass is 9.76. The molecule has 28 heavy (non-hydrogen) atoms. The quantitative estimate of drug-likeness (QED) is 0.673. The van der Waals surface area contributed by atoms with Gasteiger partial charge in [-0.2, -0.15) is 9.49 Å². The predicted octanol–water partition coefficient (Wildman–Crippen LogP) is 4.56. The molecule has 154 valence electrons. The number of aromatic nitrogens is 3. The number of nitrogens with zero attached hydrogens (tertiary/aromatic N) is 2. The molecule has 1 saturated heterocycles. The molecule has 1 aliphatic heterocycles. The molecule has 0 aromatic carbocycles. The maximum absolute atomic E-state index is 14.1. The van der Waals surface area contributed by atoms with E-state index in [4.69, 9.17) is 0 Å². The van der Waals surface area contributed by atoms with Gasteiger partial charge in [-0.3, -0.25) is 5.10 Å². The van der Waals surface area contributed by atoms with Gasteiger partial charge in [0, 0.05) is 29.4 Å². The van der Waals surface area contributed by atoms with Crippen LogP contribution in [0, 0.1) is 17.3 Å². The molecule has 0 saturated carbocycles. The van der Waals surface area contributed by atoms with Crippen molar-refractivity contribution in [3.8, 4) is 11.3 Å². The molecule has 1 aliphatic carbocycles. The Hall–Kier alpha value is -1.95. The Morgan fingerprint density at radius 1 is 1.29 bits per heavy atom. The number of hydrogen-bond acceptors (Lipinski definition) is 4. The predicted molar refractivity (Wildman–Crippen MR) is 113 cm³/mol. The van der Waals surface area contributed by atoms with Gasteiger partial charge in [0.25, 0.3) is 0 Å². The summed E-state index contributed by atoms with van der Waals surface area (Å²) >= 11 is 0. The van der Waals surface area contributed by atoms with Crippen LogP contribution in [0.2, 0.25) is 0 Å². The minimum atomic E-state index is -0.459. The van der Waals surface area contributed by atoms with Gasteiger partial charge < -0.3 is 10.6 Å². The SMILES string of the molecule is CC.CC1(C)CCc2c(-c3cc(F)nc(NCC4CCCNC4)c3)n[nH]c2C1. The monoisotopic (exact) mass is 387 g/mol. The molecule has 0 radical (unpaired) electrons. The molecule has 2 aliphatic rings. The number of halogens is 1. The summed E-state index contributed by atoms with van der Waals surface area (Å²) in [7, 11) is 0. The van der Waals surface area contributed by atoms with Crippen LogP contribution in [-0.2, 0) is 12.8 Å². The van der Waals surface area contributed by atoms with Gasteiger partial charge in [0.1, 0.15) is 5.82 Å². The summed E-state index contributed by atoms with van der Waals surface area (Å²) in [6, 6.07) is 3.42. The minimum Gasteiger partial charge on any atom is -0.370 e. The van der Waals surface area contributed by atoms with Gasteiger partial charge in [-0.05, 0) is 62.6 Å². The second-order valence-corrected chi connectivity index (χ2v) is 8.53. The average Bonchev–Trinajstić information content (AvgIpc) is 3.10. The zero-order valence-corrected chi connectivity index (χ0v) is 17.7. The zero-order chi connectivity index (χ0) is 20.1. The summed E-state index contributed by atoms with van der Waals surface area (Å²) in [5.74, 6) is 0.704. The third-order valence-corrected chi connectivity index (χ3v) is 5.70. The van der Waals surface area contributed by atoms with Crippen LogP contribution in [0.5, 0.6) is 0 Å². The van der Waals surface area contributed by atoms with E-state index in [-0.39, 0.29) is 0 Å². The molecule has 0 bridgehead atoms. The largest absolute Gasteiger partial charge is 0.370 e. The molecule has 4 rings (SSSR count). The highest BCUT2D eigenvalue weighted by atomic mass is 19.1. The Bertz CT molecular complexity index is 777. The molecule has 1 fully saturated rings. The number of pyridine rings is 1. The van der Waals surface area contributed by atoms with E-state index in [1.807, 2.05) is 19.9 Å². The number of aromatic amines is 1. The van der Waals surface area contributed by atoms with Gasteiger partial charge in [0.15, 0.2) is 0 Å². The summed E-state index contributed by atoms with van der Waals surface area (Å²) in [5.41, 5.74) is 4.40. The van der Waals surface area contributed by atoms with Gasteiger partial charge in [0.2, 0.25) is 5.95 Å². The summed E-state index contributed by atoms with van der Waals surface area (Å²) in [6.07, 6.45) is 5.49. The molecule has 2 aromatic rings. The van der Waals surface area contributed by atoms with Gasteiger partial charge in [-0.25, -0.2) is 4.98 Å². The highest BCUT2D eigenvalue weighted by Gasteiger charge is 2.29. The fraction of sp³-hybridized carbons (Fsp3) is 0.636. The second-order valence-electron chi connectivity index (χ2n) is 8.53. The number of hydrogen-bond donors (Lipinski definition) is 3. The molecular formula is C22H34FN5. The van der Waals surface area contributed by atoms with Crippen LogP contribution < -0.4 is 10.6 Å². The third kappa shape index (κ3) is 4.90. The Morgan fingerprint density at radius 3 is 2.86 bits per heavy atom. The molecule has 5 nitrogen and oxygen atoms in total. The van der Waals surface area contributed by atoms with E-state index < -0.39 is 5.95 Å². The average molecular weight is 388 g/mol. The van der Waals surface area contributed by atoms with Crippen molar-refractivity contribution in [2.24, 2.45) is 11.3 Å². The summed E-state index contributed by atoms with van der Waals surface area (Å²) < 4.78 is 14.1. The number of piperidine rings is 1. The molecule has 3 N–H and O–H groups in total.